The molecule has 0 aliphatic carbocycles. The second kappa shape index (κ2) is 7.18. The van der Waals surface area contributed by atoms with E-state index in [4.69, 9.17) is 0 Å². The van der Waals surface area contributed by atoms with Crippen LogP contribution in [0.1, 0.15) is 37.3 Å². The van der Waals surface area contributed by atoms with Crippen molar-refractivity contribution in [3.05, 3.63) is 35.4 Å². The third kappa shape index (κ3) is 4.03. The number of thioether (sulfide) groups is 1. The third-order valence-electron chi connectivity index (χ3n) is 3.60. The van der Waals surface area contributed by atoms with Gasteiger partial charge in [0.2, 0.25) is 11.8 Å². The van der Waals surface area contributed by atoms with Gasteiger partial charge in [-0.2, -0.15) is 0 Å². The fourth-order valence-corrected chi connectivity index (χ4v) is 3.71. The van der Waals surface area contributed by atoms with Crippen LogP contribution >= 0.6 is 11.8 Å². The Balaban J connectivity index is 2.12. The van der Waals surface area contributed by atoms with Gasteiger partial charge in [-0.15, -0.1) is 11.8 Å². The van der Waals surface area contributed by atoms with Gasteiger partial charge in [0.1, 0.15) is 11.9 Å². The van der Waals surface area contributed by atoms with Crippen LogP contribution in [-0.4, -0.2) is 35.1 Å². The van der Waals surface area contributed by atoms with E-state index in [9.17, 15) is 9.59 Å². The summed E-state index contributed by atoms with van der Waals surface area (Å²) in [6, 6.07) is 8.14. The molecule has 0 spiro atoms. The predicted molar refractivity (Wildman–Crippen MR) is 90.5 cm³/mol. The maximum Gasteiger partial charge on any atom is 0.239 e. The van der Waals surface area contributed by atoms with Crippen molar-refractivity contribution < 1.29 is 9.59 Å². The van der Waals surface area contributed by atoms with Crippen LogP contribution < -0.4 is 5.32 Å². The normalized spacial score (nSPS) is 21.5. The molecule has 0 saturated carbocycles. The molecule has 1 N–H and O–H groups in total. The van der Waals surface area contributed by atoms with Crippen LogP contribution in [0.5, 0.6) is 0 Å². The highest BCUT2D eigenvalue weighted by atomic mass is 32.2. The molecule has 1 aliphatic heterocycles. The molecule has 1 aliphatic rings. The number of carbonyl (C=O) groups excluding carboxylic acids is 2. The SMILES string of the molecule is Cc1cccc(C2SC(C)C(=O)N2CC(=O)NCC(C)C)c1. The van der Waals surface area contributed by atoms with Crippen molar-refractivity contribution >= 4 is 23.6 Å². The summed E-state index contributed by atoms with van der Waals surface area (Å²) in [5.74, 6) is 0.352. The standard InChI is InChI=1S/C17H24N2O2S/c1-11(2)9-18-15(20)10-19-16(21)13(4)22-17(19)14-7-5-6-12(3)8-14/h5-8,11,13,17H,9-10H2,1-4H3,(H,18,20). The summed E-state index contributed by atoms with van der Waals surface area (Å²) in [7, 11) is 0. The van der Waals surface area contributed by atoms with Crippen molar-refractivity contribution in [1.82, 2.24) is 10.2 Å². The average Bonchev–Trinajstić information content (AvgIpc) is 2.73. The summed E-state index contributed by atoms with van der Waals surface area (Å²) in [6.45, 7) is 8.81. The number of benzene rings is 1. The monoisotopic (exact) mass is 320 g/mol. The topological polar surface area (TPSA) is 49.4 Å². The number of hydrogen-bond acceptors (Lipinski definition) is 3. The van der Waals surface area contributed by atoms with E-state index < -0.39 is 0 Å². The van der Waals surface area contributed by atoms with Gasteiger partial charge >= 0.3 is 0 Å². The molecule has 2 unspecified atom stereocenters. The molecule has 2 amide bonds. The van der Waals surface area contributed by atoms with Crippen molar-refractivity contribution in [2.45, 2.75) is 38.3 Å². The molecule has 1 aromatic rings. The predicted octanol–water partition coefficient (Wildman–Crippen LogP) is 2.73. The van der Waals surface area contributed by atoms with E-state index in [1.54, 1.807) is 16.7 Å². The fourth-order valence-electron chi connectivity index (χ4n) is 2.45. The molecule has 0 radical (unpaired) electrons. The summed E-state index contributed by atoms with van der Waals surface area (Å²) >= 11 is 1.61. The molecule has 4 nitrogen and oxygen atoms in total. The van der Waals surface area contributed by atoms with Gasteiger partial charge in [0.15, 0.2) is 0 Å². The minimum absolute atomic E-state index is 0.0382. The highest BCUT2D eigenvalue weighted by molar-refractivity contribution is 8.01. The number of hydrogen-bond donors (Lipinski definition) is 1. The first-order valence-electron chi connectivity index (χ1n) is 7.67. The van der Waals surface area contributed by atoms with Gasteiger partial charge in [-0.05, 0) is 25.3 Å². The zero-order valence-corrected chi connectivity index (χ0v) is 14.4. The van der Waals surface area contributed by atoms with Crippen molar-refractivity contribution in [2.75, 3.05) is 13.1 Å². The van der Waals surface area contributed by atoms with Gasteiger partial charge in [-0.3, -0.25) is 9.59 Å². The van der Waals surface area contributed by atoms with Crippen LogP contribution in [-0.2, 0) is 9.59 Å². The molecule has 2 atom stereocenters. The lowest BCUT2D eigenvalue weighted by molar-refractivity contribution is -0.135. The van der Waals surface area contributed by atoms with E-state index in [-0.39, 0.29) is 29.0 Å². The van der Waals surface area contributed by atoms with Crippen LogP contribution in [0, 0.1) is 12.8 Å². The van der Waals surface area contributed by atoms with Gasteiger partial charge in [-0.25, -0.2) is 0 Å². The molecule has 5 heteroatoms. The highest BCUT2D eigenvalue weighted by Gasteiger charge is 2.39. The molecule has 2 rings (SSSR count). The van der Waals surface area contributed by atoms with E-state index in [0.717, 1.165) is 11.1 Å². The number of nitrogens with zero attached hydrogens (tertiary/aromatic N) is 1. The van der Waals surface area contributed by atoms with Crippen LogP contribution in [0.2, 0.25) is 0 Å². The largest absolute Gasteiger partial charge is 0.354 e. The minimum Gasteiger partial charge on any atom is -0.354 e. The third-order valence-corrected chi connectivity index (χ3v) is 4.99. The Kier molecular flexibility index (Phi) is 5.51. The van der Waals surface area contributed by atoms with Gasteiger partial charge < -0.3 is 10.2 Å². The summed E-state index contributed by atoms with van der Waals surface area (Å²) in [5.41, 5.74) is 2.24. The smallest absolute Gasteiger partial charge is 0.239 e. The average molecular weight is 320 g/mol. The van der Waals surface area contributed by atoms with Crippen molar-refractivity contribution in [1.29, 1.82) is 0 Å². The zero-order valence-electron chi connectivity index (χ0n) is 13.6. The fraction of sp³-hybridized carbons (Fsp3) is 0.529. The molecule has 22 heavy (non-hydrogen) atoms. The van der Waals surface area contributed by atoms with Crippen molar-refractivity contribution in [2.24, 2.45) is 5.92 Å². The Labute approximate surface area is 136 Å². The quantitative estimate of drug-likeness (QED) is 0.907. The van der Waals surface area contributed by atoms with Gasteiger partial charge in [0.25, 0.3) is 0 Å². The van der Waals surface area contributed by atoms with Crippen LogP contribution in [0.3, 0.4) is 0 Å². The molecule has 0 aromatic heterocycles. The molecule has 0 bridgehead atoms. The van der Waals surface area contributed by atoms with E-state index >= 15 is 0 Å². The summed E-state index contributed by atoms with van der Waals surface area (Å²) < 4.78 is 0. The zero-order chi connectivity index (χ0) is 16.3. The Bertz CT molecular complexity index is 559. The first-order chi connectivity index (χ1) is 10.4. The molecule has 1 heterocycles. The highest BCUT2D eigenvalue weighted by Crippen LogP contribution is 2.42. The van der Waals surface area contributed by atoms with Gasteiger partial charge in [0.05, 0.1) is 5.25 Å². The van der Waals surface area contributed by atoms with E-state index in [1.807, 2.05) is 32.0 Å². The second-order valence-corrected chi connectivity index (χ2v) is 7.63. The lowest BCUT2D eigenvalue weighted by Crippen LogP contribution is -2.41. The number of rotatable bonds is 5. The van der Waals surface area contributed by atoms with E-state index in [2.05, 4.69) is 25.2 Å². The lowest BCUT2D eigenvalue weighted by atomic mass is 10.1. The number of nitrogens with one attached hydrogen (secondary N) is 1. The summed E-state index contributed by atoms with van der Waals surface area (Å²) in [5, 5.41) is 2.70. The number of amides is 2. The lowest BCUT2D eigenvalue weighted by Gasteiger charge is -2.24. The summed E-state index contributed by atoms with van der Waals surface area (Å²) in [4.78, 5) is 26.2. The van der Waals surface area contributed by atoms with Crippen molar-refractivity contribution in [3.8, 4) is 0 Å². The van der Waals surface area contributed by atoms with Gasteiger partial charge in [-0.1, -0.05) is 43.7 Å². The first kappa shape index (κ1) is 16.9. The van der Waals surface area contributed by atoms with Crippen LogP contribution in [0.25, 0.3) is 0 Å². The molecular formula is C17H24N2O2S. The Morgan fingerprint density at radius 3 is 2.77 bits per heavy atom. The molecule has 1 saturated heterocycles. The van der Waals surface area contributed by atoms with Crippen molar-refractivity contribution in [3.63, 3.8) is 0 Å². The number of aryl methyl sites for hydroxylation is 1. The Morgan fingerprint density at radius 2 is 2.14 bits per heavy atom. The maximum atomic E-state index is 12.4. The summed E-state index contributed by atoms with van der Waals surface area (Å²) in [6.07, 6.45) is 0. The van der Waals surface area contributed by atoms with Gasteiger partial charge in [0, 0.05) is 6.54 Å². The minimum atomic E-state index is -0.108. The Hall–Kier alpha value is -1.49. The molecule has 1 fully saturated rings. The number of carbonyl (C=O) groups is 2. The first-order valence-corrected chi connectivity index (χ1v) is 8.62. The molecule has 120 valence electrons. The van der Waals surface area contributed by atoms with E-state index in [1.165, 1.54) is 0 Å². The maximum absolute atomic E-state index is 12.4. The van der Waals surface area contributed by atoms with Crippen LogP contribution in [0.15, 0.2) is 24.3 Å². The van der Waals surface area contributed by atoms with E-state index in [0.29, 0.717) is 12.5 Å². The Morgan fingerprint density at radius 1 is 1.41 bits per heavy atom. The van der Waals surface area contributed by atoms with Crippen LogP contribution in [0.4, 0.5) is 0 Å². The molecular weight excluding hydrogens is 296 g/mol. The molecule has 1 aromatic carbocycles. The second-order valence-electron chi connectivity index (χ2n) is 6.21.